The summed E-state index contributed by atoms with van der Waals surface area (Å²) in [6.07, 6.45) is 18.3. The highest BCUT2D eigenvalue weighted by Gasteiger charge is 2.33. The number of amides is 2. The summed E-state index contributed by atoms with van der Waals surface area (Å²) in [5.41, 5.74) is 10.4. The van der Waals surface area contributed by atoms with Gasteiger partial charge in [-0.3, -0.25) is 9.59 Å². The lowest BCUT2D eigenvalue weighted by Crippen LogP contribution is -2.42. The van der Waals surface area contributed by atoms with E-state index in [1.807, 2.05) is 17.6 Å². The van der Waals surface area contributed by atoms with E-state index in [9.17, 15) is 9.59 Å². The molecule has 438 valence electrons. The average molecular weight is 1140 g/mol. The zero-order chi connectivity index (χ0) is 55.1. The molecule has 3 N–H and O–H groups in total. The largest absolute Gasteiger partial charge is 0.382 e. The molecule has 7 rings (SSSR count). The zero-order valence-corrected chi connectivity index (χ0v) is 48.7. The normalized spacial score (nSPS) is 17.4. The number of pyridine rings is 1. The molecular weight excluding hydrogens is 1050 g/mol. The molecule has 2 amide bonds. The number of carbonyl (C=O) groups excluding carboxylic acids is 2. The van der Waals surface area contributed by atoms with Crippen molar-refractivity contribution in [2.45, 2.75) is 114 Å². The van der Waals surface area contributed by atoms with E-state index in [1.165, 1.54) is 21.3 Å². The van der Waals surface area contributed by atoms with Crippen molar-refractivity contribution in [2.24, 2.45) is 17.8 Å². The van der Waals surface area contributed by atoms with E-state index in [1.54, 1.807) is 12.4 Å². The van der Waals surface area contributed by atoms with Gasteiger partial charge in [0, 0.05) is 88.5 Å². The number of nitrogens with two attached hydrogens (primary N) is 1. The van der Waals surface area contributed by atoms with Crippen molar-refractivity contribution in [2.75, 3.05) is 151 Å². The van der Waals surface area contributed by atoms with Gasteiger partial charge in [-0.05, 0) is 94.3 Å². The van der Waals surface area contributed by atoms with Crippen LogP contribution in [0.25, 0.3) is 21.3 Å². The van der Waals surface area contributed by atoms with Crippen LogP contribution in [-0.4, -0.2) is 186 Å². The second-order valence-electron chi connectivity index (χ2n) is 20.5. The molecule has 0 atom stereocenters. The van der Waals surface area contributed by atoms with E-state index in [0.717, 1.165) is 137 Å². The first-order valence-corrected chi connectivity index (χ1v) is 31.1. The van der Waals surface area contributed by atoms with E-state index < -0.39 is 0 Å². The molecule has 0 radical (unpaired) electrons. The van der Waals surface area contributed by atoms with Gasteiger partial charge in [0.1, 0.15) is 11.3 Å². The molecule has 4 aromatic heterocycles. The molecule has 4 aromatic rings. The number of nitrogens with zero attached hydrogens (tertiary/aromatic N) is 6. The Bertz CT molecular complexity index is 2430. The molecule has 19 nitrogen and oxygen atoms in total. The van der Waals surface area contributed by atoms with Crippen LogP contribution in [0.4, 0.5) is 5.82 Å². The van der Waals surface area contributed by atoms with Gasteiger partial charge in [0.05, 0.1) is 120 Å². The van der Waals surface area contributed by atoms with Crippen LogP contribution in [0, 0.1) is 29.6 Å². The Hall–Kier alpha value is -4.05. The molecule has 21 heteroatoms. The molecule has 3 fully saturated rings. The molecule has 1 saturated carbocycles. The van der Waals surface area contributed by atoms with Crippen LogP contribution in [0.1, 0.15) is 113 Å². The molecule has 2 aliphatic heterocycles. The first-order chi connectivity index (χ1) is 38.9. The average Bonchev–Trinajstić information content (AvgIpc) is 4.31. The number of nitrogens with one attached hydrogen (secondary N) is 1. The third-order valence-electron chi connectivity index (χ3n) is 14.7. The molecule has 0 aromatic carbocycles. The minimum Gasteiger partial charge on any atom is -0.382 e. The molecule has 0 spiro atoms. The first kappa shape index (κ1) is 62.5. The molecule has 2 saturated heterocycles. The second kappa shape index (κ2) is 36.4. The highest BCUT2D eigenvalue weighted by Crippen LogP contribution is 2.41. The van der Waals surface area contributed by atoms with E-state index >= 15 is 0 Å². The molecule has 3 aliphatic rings. The standard InChI is InChI=1S/C58H88N8O11S2/c1-3-4-9-51-64-53-54(66(51)42-44-17-22-69-23-18-44)55-49(63-56(53)59)39-50(79-55)47-15-20-65(21-16-47)57(68)48-13-11-45(12-14-48)43-77-38-37-76-36-35-75-34-33-74-32-31-73-30-29-72-28-27-71-26-25-70-24-19-60-52(67)10-7-5-6-8-46-40-61-58(78-2)62-41-46/h39-41,44-45,47-48H,3-5,7,9-38,42-43H2,1-2H3,(H2,59,63)(H,60,67). The summed E-state index contributed by atoms with van der Waals surface area (Å²) in [4.78, 5) is 47.6. The van der Waals surface area contributed by atoms with Crippen molar-refractivity contribution in [1.82, 2.24) is 34.7 Å². The lowest BCUT2D eigenvalue weighted by molar-refractivity contribution is -0.138. The van der Waals surface area contributed by atoms with Crippen molar-refractivity contribution >= 4 is 62.0 Å². The van der Waals surface area contributed by atoms with Crippen LogP contribution in [0.15, 0.2) is 23.6 Å². The number of rotatable bonds is 37. The Morgan fingerprint density at radius 2 is 1.35 bits per heavy atom. The number of fused-ring (bicyclic) bond motifs is 3. The van der Waals surface area contributed by atoms with E-state index in [4.69, 9.17) is 58.3 Å². The Labute approximate surface area is 476 Å². The maximum atomic E-state index is 13.7. The molecule has 6 heterocycles. The van der Waals surface area contributed by atoms with Gasteiger partial charge in [0.25, 0.3) is 0 Å². The van der Waals surface area contributed by atoms with Crippen molar-refractivity contribution in [3.05, 3.63) is 34.7 Å². The van der Waals surface area contributed by atoms with Gasteiger partial charge < -0.3 is 63.1 Å². The number of hydrogen-bond acceptors (Lipinski definition) is 18. The Kier molecular flexibility index (Phi) is 28.8. The van der Waals surface area contributed by atoms with Crippen LogP contribution in [0.2, 0.25) is 0 Å². The number of aromatic nitrogens is 5. The first-order valence-electron chi connectivity index (χ1n) is 29.1. The predicted molar refractivity (Wildman–Crippen MR) is 308 cm³/mol. The molecule has 1 aliphatic carbocycles. The molecular formula is C58H88N8O11S2. The third kappa shape index (κ3) is 21.7. The number of aryl methyl sites for hydroxylation is 1. The highest BCUT2D eigenvalue weighted by molar-refractivity contribution is 7.98. The van der Waals surface area contributed by atoms with Crippen molar-refractivity contribution in [1.29, 1.82) is 0 Å². The molecule has 0 bridgehead atoms. The number of hydrogen-bond donors (Lipinski definition) is 2. The second-order valence-corrected chi connectivity index (χ2v) is 22.4. The van der Waals surface area contributed by atoms with Crippen LogP contribution >= 0.6 is 23.1 Å². The Morgan fingerprint density at radius 1 is 0.759 bits per heavy atom. The number of ether oxygens (including phenoxy) is 9. The van der Waals surface area contributed by atoms with Crippen LogP contribution in [-0.2, 0) is 65.2 Å². The summed E-state index contributed by atoms with van der Waals surface area (Å²) in [7, 11) is 0. The summed E-state index contributed by atoms with van der Waals surface area (Å²) >= 11 is 3.35. The minimum atomic E-state index is -0.0112. The van der Waals surface area contributed by atoms with E-state index in [2.05, 4.69) is 49.6 Å². The molecule has 79 heavy (non-hydrogen) atoms. The Balaban J connectivity index is 0.612. The number of likely N-dealkylation sites (tertiary alicyclic amines) is 1. The quantitative estimate of drug-likeness (QED) is 0.0194. The van der Waals surface area contributed by atoms with Gasteiger partial charge in [0.2, 0.25) is 11.8 Å². The topological polar surface area (TPSA) is 215 Å². The summed E-state index contributed by atoms with van der Waals surface area (Å²) in [5.74, 6) is 9.63. The van der Waals surface area contributed by atoms with Crippen LogP contribution in [0.3, 0.4) is 0 Å². The fourth-order valence-corrected chi connectivity index (χ4v) is 11.8. The SMILES string of the molecule is CCCCc1nc2c(N)nc3cc(C4CCN(C(=O)C5CCC(COCCOCCOCCOCCOCCOCCOCCOCCNC(=O)CCCC#Cc6cnc(SC)nc6)CC5)CC4)sc3c2n1CC1CCOCC1. The number of piperidine rings is 1. The van der Waals surface area contributed by atoms with Gasteiger partial charge in [-0.1, -0.05) is 36.9 Å². The van der Waals surface area contributed by atoms with Gasteiger partial charge in [-0.2, -0.15) is 0 Å². The number of nitrogen functional groups attached to an aromatic ring is 1. The van der Waals surface area contributed by atoms with Gasteiger partial charge in [-0.25, -0.2) is 19.9 Å². The maximum Gasteiger partial charge on any atom is 0.225 e. The fraction of sp³-hybridized carbons (Fsp3) is 0.724. The summed E-state index contributed by atoms with van der Waals surface area (Å²) in [6.45, 7) is 14.9. The number of thioether (sulfide) groups is 1. The summed E-state index contributed by atoms with van der Waals surface area (Å²) in [5, 5.41) is 3.58. The van der Waals surface area contributed by atoms with Gasteiger partial charge in [0.15, 0.2) is 11.0 Å². The molecule has 0 unspecified atom stereocenters. The number of imidazole rings is 1. The van der Waals surface area contributed by atoms with Crippen LogP contribution in [0.5, 0.6) is 0 Å². The van der Waals surface area contributed by atoms with Crippen molar-refractivity contribution < 1.29 is 52.2 Å². The number of unbranched alkanes of at least 4 members (excludes halogenated alkanes) is 2. The maximum absolute atomic E-state index is 13.7. The minimum absolute atomic E-state index is 0.0112. The van der Waals surface area contributed by atoms with Crippen molar-refractivity contribution in [3.63, 3.8) is 0 Å². The number of thiophene rings is 1. The predicted octanol–water partition coefficient (Wildman–Crippen LogP) is 7.49. The van der Waals surface area contributed by atoms with Gasteiger partial charge in [-0.15, -0.1) is 11.3 Å². The summed E-state index contributed by atoms with van der Waals surface area (Å²) < 4.78 is 54.4. The monoisotopic (exact) mass is 1140 g/mol. The lowest BCUT2D eigenvalue weighted by atomic mass is 9.81. The number of carbonyl (C=O) groups is 2. The Morgan fingerprint density at radius 3 is 1.95 bits per heavy atom. The van der Waals surface area contributed by atoms with E-state index in [0.29, 0.717) is 161 Å². The van der Waals surface area contributed by atoms with Gasteiger partial charge >= 0.3 is 0 Å². The van der Waals surface area contributed by atoms with E-state index in [-0.39, 0.29) is 11.8 Å². The van der Waals surface area contributed by atoms with Crippen LogP contribution < -0.4 is 11.1 Å². The summed E-state index contributed by atoms with van der Waals surface area (Å²) in [6, 6.07) is 2.26. The highest BCUT2D eigenvalue weighted by atomic mass is 32.2. The number of anilines is 1. The fourth-order valence-electron chi connectivity index (χ4n) is 10.2. The third-order valence-corrected chi connectivity index (χ3v) is 16.6. The lowest BCUT2D eigenvalue weighted by Gasteiger charge is -2.36. The van der Waals surface area contributed by atoms with Crippen molar-refractivity contribution in [3.8, 4) is 11.8 Å². The smallest absolute Gasteiger partial charge is 0.225 e. The zero-order valence-electron chi connectivity index (χ0n) is 47.1.